The van der Waals surface area contributed by atoms with Crippen LogP contribution in [0.1, 0.15) is 17.4 Å². The minimum atomic E-state index is -0.692. The van der Waals surface area contributed by atoms with Crippen molar-refractivity contribution in [2.24, 2.45) is 0 Å². The van der Waals surface area contributed by atoms with Crippen molar-refractivity contribution in [3.05, 3.63) is 94.9 Å². The number of benzene rings is 3. The van der Waals surface area contributed by atoms with Gasteiger partial charge in [-0.25, -0.2) is 4.79 Å². The number of hydrogen-bond acceptors (Lipinski definition) is 5. The summed E-state index contributed by atoms with van der Waals surface area (Å²) in [6, 6.07) is 22.0. The fourth-order valence-corrected chi connectivity index (χ4v) is 3.05. The zero-order chi connectivity index (χ0) is 21.1. The summed E-state index contributed by atoms with van der Waals surface area (Å²) >= 11 is 0. The first-order chi connectivity index (χ1) is 14.5. The van der Waals surface area contributed by atoms with Crippen LogP contribution in [0.15, 0.2) is 83.7 Å². The van der Waals surface area contributed by atoms with Gasteiger partial charge in [0, 0.05) is 18.0 Å². The molecule has 0 fully saturated rings. The molecule has 0 saturated heterocycles. The maximum Gasteiger partial charge on any atom is 0.364 e. The molecule has 0 unspecified atom stereocenters. The number of para-hydroxylation sites is 1. The summed E-state index contributed by atoms with van der Waals surface area (Å²) in [4.78, 5) is 36.9. The molecule has 30 heavy (non-hydrogen) atoms. The Bertz CT molecular complexity index is 1300. The Kier molecular flexibility index (Phi) is 5.09. The average molecular weight is 399 g/mol. The van der Waals surface area contributed by atoms with Crippen LogP contribution in [0, 0.1) is 0 Å². The molecule has 0 atom stereocenters. The Morgan fingerprint density at radius 2 is 1.50 bits per heavy atom. The maximum absolute atomic E-state index is 12.9. The van der Waals surface area contributed by atoms with Gasteiger partial charge in [-0.05, 0) is 42.5 Å². The zero-order valence-corrected chi connectivity index (χ0v) is 16.0. The van der Waals surface area contributed by atoms with Crippen LogP contribution < -0.4 is 15.6 Å². The number of ether oxygens (including phenoxy) is 1. The van der Waals surface area contributed by atoms with Crippen molar-refractivity contribution in [1.29, 1.82) is 0 Å². The summed E-state index contributed by atoms with van der Waals surface area (Å²) in [5, 5.41) is 7.72. The number of amides is 1. The molecule has 0 aliphatic rings. The molecule has 4 rings (SSSR count). The fraction of sp³-hybridized carbons (Fsp3) is 0.0435. The number of nitrogens with zero attached hydrogens (tertiary/aromatic N) is 2. The second-order valence-corrected chi connectivity index (χ2v) is 6.54. The van der Waals surface area contributed by atoms with Crippen molar-refractivity contribution >= 4 is 28.3 Å². The normalized spacial score (nSPS) is 10.6. The van der Waals surface area contributed by atoms with Crippen LogP contribution in [0.2, 0.25) is 0 Å². The van der Waals surface area contributed by atoms with Crippen LogP contribution in [0.3, 0.4) is 0 Å². The number of fused-ring (bicyclic) bond motifs is 1. The van der Waals surface area contributed by atoms with E-state index in [1.165, 1.54) is 11.6 Å². The first kappa shape index (κ1) is 19.1. The van der Waals surface area contributed by atoms with Crippen LogP contribution in [0.5, 0.6) is 5.75 Å². The standard InChI is InChI=1S/C23H17N3O4/c1-15(27)24-16-11-13-18(14-12-16)30-23(29)21-19-9-5-6-10-20(19)22(28)26(25-21)17-7-3-2-4-8-17/h2-14H,1H3,(H,24,27). The fourth-order valence-electron chi connectivity index (χ4n) is 3.05. The largest absolute Gasteiger partial charge is 0.422 e. The Morgan fingerprint density at radius 1 is 0.867 bits per heavy atom. The lowest BCUT2D eigenvalue weighted by atomic mass is 10.1. The van der Waals surface area contributed by atoms with Gasteiger partial charge in [0.1, 0.15) is 5.75 Å². The predicted octanol–water partition coefficient (Wildman–Crippen LogP) is 3.56. The van der Waals surface area contributed by atoms with Gasteiger partial charge in [0.25, 0.3) is 5.56 Å². The summed E-state index contributed by atoms with van der Waals surface area (Å²) in [6.45, 7) is 1.41. The van der Waals surface area contributed by atoms with Crippen molar-refractivity contribution in [3.8, 4) is 11.4 Å². The van der Waals surface area contributed by atoms with E-state index in [2.05, 4.69) is 10.4 Å². The number of rotatable bonds is 4. The van der Waals surface area contributed by atoms with E-state index in [-0.39, 0.29) is 22.9 Å². The molecule has 4 aromatic rings. The molecule has 148 valence electrons. The van der Waals surface area contributed by atoms with Crippen LogP contribution in [-0.4, -0.2) is 21.7 Å². The molecule has 0 radical (unpaired) electrons. The first-order valence-electron chi connectivity index (χ1n) is 9.20. The van der Waals surface area contributed by atoms with Crippen molar-refractivity contribution in [1.82, 2.24) is 9.78 Å². The third kappa shape index (κ3) is 3.81. The van der Waals surface area contributed by atoms with E-state index in [9.17, 15) is 14.4 Å². The van der Waals surface area contributed by atoms with E-state index in [1.54, 1.807) is 72.8 Å². The lowest BCUT2D eigenvalue weighted by molar-refractivity contribution is -0.114. The topological polar surface area (TPSA) is 90.3 Å². The molecule has 7 nitrogen and oxygen atoms in total. The summed E-state index contributed by atoms with van der Waals surface area (Å²) < 4.78 is 6.66. The van der Waals surface area contributed by atoms with Crippen molar-refractivity contribution < 1.29 is 14.3 Å². The molecule has 1 N–H and O–H groups in total. The quantitative estimate of drug-likeness (QED) is 0.419. The van der Waals surface area contributed by atoms with E-state index in [4.69, 9.17) is 4.74 Å². The lowest BCUT2D eigenvalue weighted by Crippen LogP contribution is -2.25. The third-order valence-electron chi connectivity index (χ3n) is 4.38. The number of nitrogens with one attached hydrogen (secondary N) is 1. The van der Waals surface area contributed by atoms with Gasteiger partial charge in [-0.15, -0.1) is 0 Å². The molecule has 0 saturated carbocycles. The molecule has 0 spiro atoms. The third-order valence-corrected chi connectivity index (χ3v) is 4.38. The van der Waals surface area contributed by atoms with Gasteiger partial charge in [-0.2, -0.15) is 9.78 Å². The van der Waals surface area contributed by atoms with Gasteiger partial charge < -0.3 is 10.1 Å². The number of hydrogen-bond donors (Lipinski definition) is 1. The van der Waals surface area contributed by atoms with Gasteiger partial charge in [-0.1, -0.05) is 36.4 Å². The highest BCUT2D eigenvalue weighted by Gasteiger charge is 2.19. The Hall–Kier alpha value is -4.26. The second kappa shape index (κ2) is 8.00. The second-order valence-electron chi connectivity index (χ2n) is 6.54. The summed E-state index contributed by atoms with van der Waals surface area (Å²) in [5.41, 5.74) is 0.832. The van der Waals surface area contributed by atoms with Crippen LogP contribution >= 0.6 is 0 Å². The van der Waals surface area contributed by atoms with E-state index in [0.29, 0.717) is 22.1 Å². The number of esters is 1. The van der Waals surface area contributed by atoms with Crippen LogP contribution in [-0.2, 0) is 4.79 Å². The first-order valence-corrected chi connectivity index (χ1v) is 9.20. The van der Waals surface area contributed by atoms with Crippen LogP contribution in [0.25, 0.3) is 16.5 Å². The molecule has 7 heteroatoms. The van der Waals surface area contributed by atoms with Gasteiger partial charge in [0.15, 0.2) is 5.69 Å². The summed E-state index contributed by atoms with van der Waals surface area (Å²) in [6.07, 6.45) is 0. The molecule has 1 aromatic heterocycles. The van der Waals surface area contributed by atoms with Crippen molar-refractivity contribution in [3.63, 3.8) is 0 Å². The number of anilines is 1. The smallest absolute Gasteiger partial charge is 0.364 e. The molecule has 0 aliphatic heterocycles. The van der Waals surface area contributed by atoms with Gasteiger partial charge in [0.05, 0.1) is 11.1 Å². The number of carbonyl (C=O) groups is 2. The monoisotopic (exact) mass is 399 g/mol. The van der Waals surface area contributed by atoms with E-state index in [1.807, 2.05) is 6.07 Å². The van der Waals surface area contributed by atoms with Crippen molar-refractivity contribution in [2.45, 2.75) is 6.92 Å². The summed E-state index contributed by atoms with van der Waals surface area (Å²) in [5.74, 6) is -0.598. The zero-order valence-electron chi connectivity index (χ0n) is 16.0. The number of aromatic nitrogens is 2. The van der Waals surface area contributed by atoms with Gasteiger partial charge in [0.2, 0.25) is 5.91 Å². The van der Waals surface area contributed by atoms with E-state index < -0.39 is 5.97 Å². The molecule has 0 bridgehead atoms. The highest BCUT2D eigenvalue weighted by atomic mass is 16.5. The molecule has 3 aromatic carbocycles. The van der Waals surface area contributed by atoms with Crippen molar-refractivity contribution in [2.75, 3.05) is 5.32 Å². The van der Waals surface area contributed by atoms with E-state index >= 15 is 0 Å². The van der Waals surface area contributed by atoms with Crippen LogP contribution in [0.4, 0.5) is 5.69 Å². The Balaban J connectivity index is 1.74. The van der Waals surface area contributed by atoms with Gasteiger partial charge in [-0.3, -0.25) is 9.59 Å². The average Bonchev–Trinajstić information content (AvgIpc) is 2.76. The highest BCUT2D eigenvalue weighted by molar-refractivity contribution is 6.03. The maximum atomic E-state index is 12.9. The molecular formula is C23H17N3O4. The van der Waals surface area contributed by atoms with Gasteiger partial charge >= 0.3 is 5.97 Å². The SMILES string of the molecule is CC(=O)Nc1ccc(OC(=O)c2nn(-c3ccccc3)c(=O)c3ccccc23)cc1. The van der Waals surface area contributed by atoms with E-state index in [0.717, 1.165) is 0 Å². The number of carbonyl (C=O) groups excluding carboxylic acids is 2. The lowest BCUT2D eigenvalue weighted by Gasteiger charge is -2.11. The molecular weight excluding hydrogens is 382 g/mol. The predicted molar refractivity (Wildman–Crippen MR) is 113 cm³/mol. The minimum absolute atomic E-state index is 0.0278. The summed E-state index contributed by atoms with van der Waals surface area (Å²) in [7, 11) is 0. The molecule has 0 aliphatic carbocycles. The molecule has 1 heterocycles. The molecule has 1 amide bonds. The minimum Gasteiger partial charge on any atom is -0.422 e. The highest BCUT2D eigenvalue weighted by Crippen LogP contribution is 2.20. The Morgan fingerprint density at radius 3 is 2.17 bits per heavy atom. The Labute approximate surface area is 171 Å².